The van der Waals surface area contributed by atoms with Gasteiger partial charge in [-0.15, -0.1) is 0 Å². The highest BCUT2D eigenvalue weighted by molar-refractivity contribution is 5.19. The number of fused-ring (bicyclic) bond motifs is 1. The quantitative estimate of drug-likeness (QED) is 0.0734. The van der Waals surface area contributed by atoms with Crippen molar-refractivity contribution in [2.75, 3.05) is 20.3 Å². The lowest BCUT2D eigenvalue weighted by atomic mass is 9.95. The summed E-state index contributed by atoms with van der Waals surface area (Å²) in [4.78, 5) is 0. The Hall–Kier alpha value is -5.12. The molecule has 0 bridgehead atoms. The molecule has 0 saturated carbocycles. The first-order valence-corrected chi connectivity index (χ1v) is 22.7. The molecule has 11 heteroatoms. The lowest BCUT2D eigenvalue weighted by Crippen LogP contribution is -2.67. The van der Waals surface area contributed by atoms with Gasteiger partial charge in [0.1, 0.15) is 48.8 Å². The maximum Gasteiger partial charge on any atom is 0.187 e. The first-order chi connectivity index (χ1) is 32.7. The van der Waals surface area contributed by atoms with Gasteiger partial charge in [-0.1, -0.05) is 182 Å². The molecule has 3 heterocycles. The predicted molar refractivity (Wildman–Crippen MR) is 245 cm³/mol. The van der Waals surface area contributed by atoms with E-state index in [9.17, 15) is 0 Å². The summed E-state index contributed by atoms with van der Waals surface area (Å²) in [6, 6.07) is 60.1. The van der Waals surface area contributed by atoms with Gasteiger partial charge in [-0.25, -0.2) is 0 Å². The van der Waals surface area contributed by atoms with Gasteiger partial charge < -0.3 is 52.1 Å². The number of methoxy groups -OCH3 is 1. The van der Waals surface area contributed by atoms with Crippen molar-refractivity contribution in [3.63, 3.8) is 0 Å². The van der Waals surface area contributed by atoms with Gasteiger partial charge in [-0.2, -0.15) is 0 Å². The van der Waals surface area contributed by atoms with Crippen molar-refractivity contribution in [3.05, 3.63) is 215 Å². The third kappa shape index (κ3) is 12.1. The topological polar surface area (TPSA) is 102 Å². The molecule has 0 N–H and O–H groups in total. The van der Waals surface area contributed by atoms with Crippen LogP contribution >= 0.6 is 0 Å². The van der Waals surface area contributed by atoms with E-state index >= 15 is 0 Å². The zero-order chi connectivity index (χ0) is 44.8. The summed E-state index contributed by atoms with van der Waals surface area (Å²) in [6.07, 6.45) is -8.32. The van der Waals surface area contributed by atoms with Crippen molar-refractivity contribution in [3.8, 4) is 0 Å². The van der Waals surface area contributed by atoms with Crippen molar-refractivity contribution in [1.29, 1.82) is 0 Å². The van der Waals surface area contributed by atoms with Crippen molar-refractivity contribution in [2.45, 2.75) is 101 Å². The maximum atomic E-state index is 7.40. The fourth-order valence-electron chi connectivity index (χ4n) is 8.63. The van der Waals surface area contributed by atoms with Gasteiger partial charge >= 0.3 is 0 Å². The minimum absolute atomic E-state index is 0.166. The van der Waals surface area contributed by atoms with Crippen LogP contribution in [-0.4, -0.2) is 81.7 Å². The normalized spacial score (nSPS) is 27.5. The van der Waals surface area contributed by atoms with Gasteiger partial charge in [0.15, 0.2) is 18.9 Å². The Morgan fingerprint density at radius 1 is 0.424 bits per heavy atom. The van der Waals surface area contributed by atoms with Gasteiger partial charge in [0.05, 0.1) is 46.2 Å². The van der Waals surface area contributed by atoms with E-state index in [-0.39, 0.29) is 33.0 Å². The van der Waals surface area contributed by atoms with Crippen molar-refractivity contribution < 1.29 is 52.1 Å². The lowest BCUT2D eigenvalue weighted by Gasteiger charge is -2.51. The van der Waals surface area contributed by atoms with Crippen LogP contribution in [0.2, 0.25) is 0 Å². The molecule has 0 aromatic heterocycles. The Kier molecular flexibility index (Phi) is 16.4. The second-order valence-electron chi connectivity index (χ2n) is 16.6. The van der Waals surface area contributed by atoms with E-state index in [1.54, 1.807) is 7.11 Å². The minimum Gasteiger partial charge on any atom is -0.374 e. The fourth-order valence-corrected chi connectivity index (χ4v) is 8.63. The molecule has 11 atom stereocenters. The zero-order valence-corrected chi connectivity index (χ0v) is 37.1. The molecule has 11 nitrogen and oxygen atoms in total. The monoisotopic (exact) mass is 894 g/mol. The summed E-state index contributed by atoms with van der Waals surface area (Å²) in [6.45, 7) is 1.85. The van der Waals surface area contributed by atoms with Crippen LogP contribution in [0.15, 0.2) is 182 Å². The molecule has 3 saturated heterocycles. The molecule has 3 aliphatic rings. The largest absolute Gasteiger partial charge is 0.374 e. The zero-order valence-electron chi connectivity index (χ0n) is 37.1. The third-order valence-corrected chi connectivity index (χ3v) is 12.0. The highest BCUT2D eigenvalue weighted by atomic mass is 16.8. The standard InChI is InChI=1S/C55H58O11/c1-56-54-52(61-36-43-28-16-6-17-29-43)50(48-46(63-54)38-62-53(65-48)44-30-18-7-19-31-44)66-55-51(60-35-42-26-14-5-15-27-42)49(59-34-41-24-12-4-13-25-41)47(58-33-40-22-10-3-11-23-40)45(64-55)37-57-32-39-20-8-2-9-21-39/h2-31,45-55H,32-38H2,1H3/t45-,46-,47-,48-,49+,50+,51-,52-,53?,54+,55?/m1/s1. The van der Waals surface area contributed by atoms with E-state index < -0.39 is 67.7 Å². The second-order valence-corrected chi connectivity index (χ2v) is 16.6. The van der Waals surface area contributed by atoms with Crippen LogP contribution in [0.1, 0.15) is 39.7 Å². The Bertz CT molecular complexity index is 2270. The molecule has 0 spiro atoms. The molecule has 9 rings (SSSR count). The number of hydrogen-bond donors (Lipinski definition) is 0. The molecule has 3 aliphatic heterocycles. The van der Waals surface area contributed by atoms with Gasteiger partial charge in [0, 0.05) is 12.7 Å². The highest BCUT2D eigenvalue weighted by Crippen LogP contribution is 2.40. The van der Waals surface area contributed by atoms with E-state index in [1.807, 2.05) is 182 Å². The van der Waals surface area contributed by atoms with Gasteiger partial charge in [0.25, 0.3) is 0 Å². The summed E-state index contributed by atoms with van der Waals surface area (Å²) in [7, 11) is 1.60. The van der Waals surface area contributed by atoms with Crippen molar-refractivity contribution in [2.24, 2.45) is 0 Å². The fraction of sp³-hybridized carbons (Fsp3) is 0.345. The summed E-state index contributed by atoms with van der Waals surface area (Å²) in [5.74, 6) is 0. The molecular weight excluding hydrogens is 837 g/mol. The summed E-state index contributed by atoms with van der Waals surface area (Å²) >= 11 is 0. The number of ether oxygens (including phenoxy) is 11. The first kappa shape index (κ1) is 46.0. The van der Waals surface area contributed by atoms with Crippen LogP contribution in [0.25, 0.3) is 0 Å². The second kappa shape index (κ2) is 23.6. The third-order valence-electron chi connectivity index (χ3n) is 12.0. The van der Waals surface area contributed by atoms with Crippen molar-refractivity contribution >= 4 is 0 Å². The molecule has 6 aromatic carbocycles. The molecule has 3 fully saturated rings. The van der Waals surface area contributed by atoms with Crippen LogP contribution in [0.5, 0.6) is 0 Å². The predicted octanol–water partition coefficient (Wildman–Crippen LogP) is 9.14. The van der Waals surface area contributed by atoms with Gasteiger partial charge in [0.2, 0.25) is 0 Å². The Morgan fingerprint density at radius 2 is 0.848 bits per heavy atom. The Labute approximate surface area is 387 Å². The van der Waals surface area contributed by atoms with E-state index in [2.05, 4.69) is 0 Å². The Balaban J connectivity index is 1.10. The number of benzene rings is 6. The maximum absolute atomic E-state index is 7.40. The molecule has 66 heavy (non-hydrogen) atoms. The average molecular weight is 895 g/mol. The molecule has 6 aromatic rings. The average Bonchev–Trinajstić information content (AvgIpc) is 3.38. The first-order valence-electron chi connectivity index (χ1n) is 22.7. The minimum atomic E-state index is -1.05. The van der Waals surface area contributed by atoms with Gasteiger partial charge in [-0.3, -0.25) is 0 Å². The molecule has 2 unspecified atom stereocenters. The van der Waals surface area contributed by atoms with Crippen LogP contribution in [-0.2, 0) is 85.1 Å². The van der Waals surface area contributed by atoms with Crippen LogP contribution < -0.4 is 0 Å². The van der Waals surface area contributed by atoms with E-state index in [1.165, 1.54) is 0 Å². The van der Waals surface area contributed by atoms with Crippen LogP contribution in [0.4, 0.5) is 0 Å². The van der Waals surface area contributed by atoms with E-state index in [4.69, 9.17) is 52.1 Å². The van der Waals surface area contributed by atoms with E-state index in [0.717, 1.165) is 33.4 Å². The smallest absolute Gasteiger partial charge is 0.187 e. The highest BCUT2D eigenvalue weighted by Gasteiger charge is 2.56. The Morgan fingerprint density at radius 3 is 1.33 bits per heavy atom. The molecule has 0 amide bonds. The summed E-state index contributed by atoms with van der Waals surface area (Å²) in [5.41, 5.74) is 5.85. The number of rotatable bonds is 20. The van der Waals surface area contributed by atoms with Gasteiger partial charge in [-0.05, 0) is 27.8 Å². The number of hydrogen-bond acceptors (Lipinski definition) is 11. The molecule has 344 valence electrons. The van der Waals surface area contributed by atoms with Crippen LogP contribution in [0.3, 0.4) is 0 Å². The summed E-state index contributed by atoms with van der Waals surface area (Å²) < 4.78 is 74.6. The van der Waals surface area contributed by atoms with E-state index in [0.29, 0.717) is 13.2 Å². The lowest BCUT2D eigenvalue weighted by molar-refractivity contribution is -0.399. The molecule has 0 aliphatic carbocycles. The molecular formula is C55H58O11. The van der Waals surface area contributed by atoms with Crippen molar-refractivity contribution in [1.82, 2.24) is 0 Å². The van der Waals surface area contributed by atoms with Crippen LogP contribution in [0, 0.1) is 0 Å². The molecule has 0 radical (unpaired) electrons. The summed E-state index contributed by atoms with van der Waals surface area (Å²) in [5, 5.41) is 0. The SMILES string of the molecule is CO[C@H]1O[C@@H]2COC(c3ccccc3)O[C@H]2[C@H](OC2O[C@H](COCc3ccccc3)[C@@H](OCc3ccccc3)[C@H](OCc3ccccc3)[C@H]2OCc2ccccc2)[C@H]1OCc1ccccc1.